The van der Waals surface area contributed by atoms with E-state index >= 15 is 0 Å². The summed E-state index contributed by atoms with van der Waals surface area (Å²) in [7, 11) is 1.33. The molecule has 19 heavy (non-hydrogen) atoms. The van der Waals surface area contributed by atoms with Crippen LogP contribution < -0.4 is 4.74 Å². The van der Waals surface area contributed by atoms with Crippen LogP contribution in [0.2, 0.25) is 0 Å². The van der Waals surface area contributed by atoms with Crippen molar-refractivity contribution in [1.82, 2.24) is 0 Å². The molecule has 0 amide bonds. The highest BCUT2D eigenvalue weighted by Crippen LogP contribution is 2.25. The van der Waals surface area contributed by atoms with Gasteiger partial charge in [0.1, 0.15) is 22.9 Å². The molecule has 2 nitrogen and oxygen atoms in total. The SMILES string of the molecule is COc1cccc(F)c1C(=O)c1cc(C)ccc1F. The molecule has 0 spiro atoms. The van der Waals surface area contributed by atoms with Crippen LogP contribution in [-0.2, 0) is 0 Å². The summed E-state index contributed by atoms with van der Waals surface area (Å²) in [5.74, 6) is -2.05. The van der Waals surface area contributed by atoms with Gasteiger partial charge in [-0.1, -0.05) is 17.7 Å². The van der Waals surface area contributed by atoms with E-state index in [0.717, 1.165) is 11.6 Å². The molecule has 0 saturated carbocycles. The predicted molar refractivity (Wildman–Crippen MR) is 67.5 cm³/mol. The van der Waals surface area contributed by atoms with E-state index < -0.39 is 17.4 Å². The maximum Gasteiger partial charge on any atom is 0.202 e. The molecule has 0 bridgehead atoms. The zero-order valence-corrected chi connectivity index (χ0v) is 10.5. The molecule has 0 aliphatic heterocycles. The van der Waals surface area contributed by atoms with Crippen LogP contribution in [0.5, 0.6) is 5.75 Å². The van der Waals surface area contributed by atoms with Gasteiger partial charge < -0.3 is 4.74 Å². The molecule has 0 unspecified atom stereocenters. The Morgan fingerprint density at radius 2 is 1.84 bits per heavy atom. The lowest BCUT2D eigenvalue weighted by molar-refractivity contribution is 0.102. The van der Waals surface area contributed by atoms with Gasteiger partial charge in [-0.3, -0.25) is 4.79 Å². The minimum atomic E-state index is -0.731. The van der Waals surface area contributed by atoms with Crippen molar-refractivity contribution >= 4 is 5.78 Å². The van der Waals surface area contributed by atoms with Crippen molar-refractivity contribution in [1.29, 1.82) is 0 Å². The topological polar surface area (TPSA) is 26.3 Å². The third-order valence-electron chi connectivity index (χ3n) is 2.79. The summed E-state index contributed by atoms with van der Waals surface area (Å²) in [5.41, 5.74) is 0.304. The first kappa shape index (κ1) is 13.2. The van der Waals surface area contributed by atoms with Crippen LogP contribution in [0.25, 0.3) is 0 Å². The summed E-state index contributed by atoms with van der Waals surface area (Å²) in [6.45, 7) is 1.73. The maximum absolute atomic E-state index is 13.8. The third-order valence-corrected chi connectivity index (χ3v) is 2.79. The molecule has 0 heterocycles. The van der Waals surface area contributed by atoms with Crippen LogP contribution in [0.1, 0.15) is 21.5 Å². The number of ether oxygens (including phenoxy) is 1. The van der Waals surface area contributed by atoms with Crippen molar-refractivity contribution in [3.8, 4) is 5.75 Å². The Morgan fingerprint density at radius 3 is 2.53 bits per heavy atom. The van der Waals surface area contributed by atoms with Crippen molar-refractivity contribution in [3.05, 3.63) is 64.7 Å². The summed E-state index contributed by atoms with van der Waals surface area (Å²) < 4.78 is 32.4. The molecule has 2 rings (SSSR count). The van der Waals surface area contributed by atoms with Gasteiger partial charge in [0.25, 0.3) is 0 Å². The lowest BCUT2D eigenvalue weighted by atomic mass is 10.00. The monoisotopic (exact) mass is 262 g/mol. The number of carbonyl (C=O) groups excluding carboxylic acids is 1. The average Bonchev–Trinajstić information content (AvgIpc) is 2.40. The molecule has 0 aliphatic rings. The van der Waals surface area contributed by atoms with Gasteiger partial charge in [0.2, 0.25) is 5.78 Å². The van der Waals surface area contributed by atoms with E-state index in [-0.39, 0.29) is 16.9 Å². The molecule has 0 aromatic heterocycles. The van der Waals surface area contributed by atoms with Gasteiger partial charge in [-0.05, 0) is 31.2 Å². The second-order valence-corrected chi connectivity index (χ2v) is 4.13. The molecule has 0 saturated heterocycles. The van der Waals surface area contributed by atoms with E-state index in [1.54, 1.807) is 13.0 Å². The Kier molecular flexibility index (Phi) is 3.60. The number of hydrogen-bond acceptors (Lipinski definition) is 2. The van der Waals surface area contributed by atoms with E-state index in [1.165, 1.54) is 31.4 Å². The molecule has 2 aromatic carbocycles. The standard InChI is InChI=1S/C15H12F2O2/c1-9-6-7-11(16)10(8-9)15(18)14-12(17)4-3-5-13(14)19-2/h3-8H,1-2H3. The molecule has 98 valence electrons. The summed E-state index contributed by atoms with van der Waals surface area (Å²) in [4.78, 5) is 12.3. The lowest BCUT2D eigenvalue weighted by Crippen LogP contribution is -2.09. The van der Waals surface area contributed by atoms with Crippen LogP contribution >= 0.6 is 0 Å². The molecular formula is C15H12F2O2. The predicted octanol–water partition coefficient (Wildman–Crippen LogP) is 3.51. The summed E-state index contributed by atoms with van der Waals surface area (Å²) in [6, 6.07) is 8.16. The number of ketones is 1. The molecule has 0 fully saturated rings. The molecule has 0 atom stereocenters. The fraction of sp³-hybridized carbons (Fsp3) is 0.133. The molecular weight excluding hydrogens is 250 g/mol. The Labute approximate surface area is 109 Å². The minimum Gasteiger partial charge on any atom is -0.496 e. The number of benzene rings is 2. The summed E-state index contributed by atoms with van der Waals surface area (Å²) in [6.07, 6.45) is 0. The third kappa shape index (κ3) is 2.47. The zero-order valence-electron chi connectivity index (χ0n) is 10.5. The number of rotatable bonds is 3. The van der Waals surface area contributed by atoms with E-state index in [4.69, 9.17) is 4.74 Å². The van der Waals surface area contributed by atoms with Crippen LogP contribution in [0, 0.1) is 18.6 Å². The summed E-state index contributed by atoms with van der Waals surface area (Å²) >= 11 is 0. The fourth-order valence-electron chi connectivity index (χ4n) is 1.84. The van der Waals surface area contributed by atoms with E-state index in [1.807, 2.05) is 0 Å². The van der Waals surface area contributed by atoms with Gasteiger partial charge in [-0.15, -0.1) is 0 Å². The van der Waals surface area contributed by atoms with E-state index in [0.29, 0.717) is 0 Å². The smallest absolute Gasteiger partial charge is 0.202 e. The Hall–Kier alpha value is -2.23. The van der Waals surface area contributed by atoms with Crippen molar-refractivity contribution in [2.45, 2.75) is 6.92 Å². The van der Waals surface area contributed by atoms with Crippen molar-refractivity contribution in [2.75, 3.05) is 7.11 Å². The Morgan fingerprint density at radius 1 is 1.11 bits per heavy atom. The van der Waals surface area contributed by atoms with E-state index in [9.17, 15) is 13.6 Å². The van der Waals surface area contributed by atoms with Crippen molar-refractivity contribution in [2.24, 2.45) is 0 Å². The normalized spacial score (nSPS) is 10.3. The van der Waals surface area contributed by atoms with Gasteiger partial charge in [-0.2, -0.15) is 0 Å². The van der Waals surface area contributed by atoms with Crippen LogP contribution in [0.3, 0.4) is 0 Å². The summed E-state index contributed by atoms with van der Waals surface area (Å²) in [5, 5.41) is 0. The van der Waals surface area contributed by atoms with E-state index in [2.05, 4.69) is 0 Å². The van der Waals surface area contributed by atoms with Gasteiger partial charge in [0, 0.05) is 0 Å². The number of hydrogen-bond donors (Lipinski definition) is 0. The highest BCUT2D eigenvalue weighted by atomic mass is 19.1. The molecule has 0 radical (unpaired) electrons. The fourth-order valence-corrected chi connectivity index (χ4v) is 1.84. The second-order valence-electron chi connectivity index (χ2n) is 4.13. The highest BCUT2D eigenvalue weighted by Gasteiger charge is 2.21. The van der Waals surface area contributed by atoms with Gasteiger partial charge in [-0.25, -0.2) is 8.78 Å². The van der Waals surface area contributed by atoms with Gasteiger partial charge in [0.15, 0.2) is 0 Å². The first-order valence-electron chi connectivity index (χ1n) is 5.68. The number of aryl methyl sites for hydroxylation is 1. The molecule has 4 heteroatoms. The van der Waals surface area contributed by atoms with Crippen molar-refractivity contribution < 1.29 is 18.3 Å². The lowest BCUT2D eigenvalue weighted by Gasteiger charge is -2.09. The minimum absolute atomic E-state index is 0.0888. The Bertz CT molecular complexity index is 636. The number of carbonyl (C=O) groups is 1. The van der Waals surface area contributed by atoms with Crippen molar-refractivity contribution in [3.63, 3.8) is 0 Å². The number of halogens is 2. The zero-order chi connectivity index (χ0) is 14.0. The van der Waals surface area contributed by atoms with Gasteiger partial charge in [0.05, 0.1) is 12.7 Å². The average molecular weight is 262 g/mol. The molecule has 0 aliphatic carbocycles. The first-order valence-corrected chi connectivity index (χ1v) is 5.68. The van der Waals surface area contributed by atoms with Crippen LogP contribution in [0.4, 0.5) is 8.78 Å². The Balaban J connectivity index is 2.59. The van der Waals surface area contributed by atoms with Gasteiger partial charge >= 0.3 is 0 Å². The molecule has 0 N–H and O–H groups in total. The first-order chi connectivity index (χ1) is 9.04. The number of methoxy groups -OCH3 is 1. The molecule has 2 aromatic rings. The van der Waals surface area contributed by atoms with Crippen LogP contribution in [-0.4, -0.2) is 12.9 Å². The quantitative estimate of drug-likeness (QED) is 0.791. The highest BCUT2D eigenvalue weighted by molar-refractivity contribution is 6.11. The largest absolute Gasteiger partial charge is 0.496 e. The second kappa shape index (κ2) is 5.18. The maximum atomic E-state index is 13.8. The van der Waals surface area contributed by atoms with Crippen LogP contribution in [0.15, 0.2) is 36.4 Å².